The molecule has 0 amide bonds. The molecule has 0 aliphatic rings. The standard InChI is InChI=1S/C11H15FO3S/c1-8(7-12)11(13)9-3-5-10(6-4-9)16(2,14)15/h3-6,8,11,13H,7H2,1-2H3/t8-,11+/m1/s1. The van der Waals surface area contributed by atoms with Crippen molar-refractivity contribution < 1.29 is 17.9 Å². The van der Waals surface area contributed by atoms with E-state index in [1.807, 2.05) is 0 Å². The first-order chi connectivity index (χ1) is 7.36. The molecule has 0 fully saturated rings. The van der Waals surface area contributed by atoms with Crippen LogP contribution in [0.15, 0.2) is 29.2 Å². The molecule has 1 N–H and O–H groups in total. The summed E-state index contributed by atoms with van der Waals surface area (Å²) in [5.74, 6) is -0.496. The van der Waals surface area contributed by atoms with E-state index < -0.39 is 28.5 Å². The SMILES string of the molecule is C[C@H](CF)[C@H](O)c1ccc(S(C)(=O)=O)cc1. The van der Waals surface area contributed by atoms with Gasteiger partial charge in [-0.15, -0.1) is 0 Å². The lowest BCUT2D eigenvalue weighted by Gasteiger charge is -2.16. The third-order valence-electron chi connectivity index (χ3n) is 2.43. The molecule has 1 aromatic rings. The van der Waals surface area contributed by atoms with Gasteiger partial charge in [0.25, 0.3) is 0 Å². The zero-order chi connectivity index (χ0) is 12.3. The Balaban J connectivity index is 2.96. The molecule has 0 heterocycles. The van der Waals surface area contributed by atoms with E-state index in [0.717, 1.165) is 6.26 Å². The summed E-state index contributed by atoms with van der Waals surface area (Å²) in [6.45, 7) is 0.976. The van der Waals surface area contributed by atoms with Gasteiger partial charge in [0.15, 0.2) is 9.84 Å². The van der Waals surface area contributed by atoms with Crippen LogP contribution in [0.1, 0.15) is 18.6 Å². The maximum Gasteiger partial charge on any atom is 0.175 e. The Morgan fingerprint density at radius 3 is 2.19 bits per heavy atom. The van der Waals surface area contributed by atoms with Crippen LogP contribution in [-0.2, 0) is 9.84 Å². The number of hydrogen-bond donors (Lipinski definition) is 1. The molecule has 16 heavy (non-hydrogen) atoms. The van der Waals surface area contributed by atoms with Gasteiger partial charge < -0.3 is 5.11 Å². The van der Waals surface area contributed by atoms with Crippen molar-refractivity contribution >= 4 is 9.84 Å². The molecule has 0 saturated heterocycles. The Morgan fingerprint density at radius 2 is 1.81 bits per heavy atom. The molecule has 0 aromatic heterocycles. The molecule has 1 rings (SSSR count). The van der Waals surface area contributed by atoms with E-state index in [4.69, 9.17) is 0 Å². The number of aliphatic hydroxyl groups is 1. The molecule has 5 heteroatoms. The Hall–Kier alpha value is -0.940. The molecule has 0 radical (unpaired) electrons. The number of sulfone groups is 1. The van der Waals surface area contributed by atoms with Crippen LogP contribution in [0.5, 0.6) is 0 Å². The fourth-order valence-corrected chi connectivity index (χ4v) is 1.96. The van der Waals surface area contributed by atoms with Crippen molar-refractivity contribution in [3.63, 3.8) is 0 Å². The summed E-state index contributed by atoms with van der Waals surface area (Å²) in [4.78, 5) is 0.191. The molecule has 0 aliphatic carbocycles. The molecule has 1 aromatic carbocycles. The summed E-state index contributed by atoms with van der Waals surface area (Å²) < 4.78 is 34.7. The number of aliphatic hydroxyl groups excluding tert-OH is 1. The van der Waals surface area contributed by atoms with Gasteiger partial charge in [-0.2, -0.15) is 0 Å². The van der Waals surface area contributed by atoms with Crippen molar-refractivity contribution in [2.24, 2.45) is 5.92 Å². The van der Waals surface area contributed by atoms with Crippen LogP contribution in [0.4, 0.5) is 4.39 Å². The Morgan fingerprint density at radius 1 is 1.31 bits per heavy atom. The topological polar surface area (TPSA) is 54.4 Å². The monoisotopic (exact) mass is 246 g/mol. The molecule has 3 nitrogen and oxygen atoms in total. The van der Waals surface area contributed by atoms with E-state index in [-0.39, 0.29) is 4.90 Å². The second-order valence-electron chi connectivity index (χ2n) is 3.92. The van der Waals surface area contributed by atoms with Gasteiger partial charge in [0.1, 0.15) is 0 Å². The highest BCUT2D eigenvalue weighted by molar-refractivity contribution is 7.90. The molecule has 0 unspecified atom stereocenters. The summed E-state index contributed by atoms with van der Waals surface area (Å²) in [5, 5.41) is 9.69. The first-order valence-corrected chi connectivity index (χ1v) is 6.79. The van der Waals surface area contributed by atoms with Crippen molar-refractivity contribution in [1.29, 1.82) is 0 Å². The first-order valence-electron chi connectivity index (χ1n) is 4.90. The van der Waals surface area contributed by atoms with Crippen LogP contribution in [0, 0.1) is 5.92 Å². The van der Waals surface area contributed by atoms with Crippen LogP contribution < -0.4 is 0 Å². The average molecular weight is 246 g/mol. The number of rotatable bonds is 4. The van der Waals surface area contributed by atoms with Gasteiger partial charge in [-0.3, -0.25) is 4.39 Å². The van der Waals surface area contributed by atoms with E-state index in [2.05, 4.69) is 0 Å². The number of halogens is 1. The Bertz CT molecular complexity index is 439. The van der Waals surface area contributed by atoms with Gasteiger partial charge in [0, 0.05) is 12.2 Å². The third kappa shape index (κ3) is 3.02. The van der Waals surface area contributed by atoms with Crippen molar-refractivity contribution in [1.82, 2.24) is 0 Å². The number of alkyl halides is 1. The molecular weight excluding hydrogens is 231 g/mol. The van der Waals surface area contributed by atoms with Gasteiger partial charge in [0.05, 0.1) is 17.7 Å². The molecule has 2 atom stereocenters. The molecule has 90 valence electrons. The van der Waals surface area contributed by atoms with Crippen LogP contribution in [0.25, 0.3) is 0 Å². The van der Waals surface area contributed by atoms with E-state index in [1.54, 1.807) is 6.92 Å². The zero-order valence-electron chi connectivity index (χ0n) is 9.22. The zero-order valence-corrected chi connectivity index (χ0v) is 10.0. The molecule has 0 aliphatic heterocycles. The van der Waals surface area contributed by atoms with Crippen molar-refractivity contribution in [2.75, 3.05) is 12.9 Å². The van der Waals surface area contributed by atoms with Gasteiger partial charge in [-0.25, -0.2) is 8.42 Å². The highest BCUT2D eigenvalue weighted by atomic mass is 32.2. The van der Waals surface area contributed by atoms with Crippen molar-refractivity contribution in [3.8, 4) is 0 Å². The van der Waals surface area contributed by atoms with Gasteiger partial charge >= 0.3 is 0 Å². The van der Waals surface area contributed by atoms with E-state index >= 15 is 0 Å². The number of benzene rings is 1. The Labute approximate surface area is 94.8 Å². The summed E-state index contributed by atoms with van der Waals surface area (Å²) in [5.41, 5.74) is 0.526. The number of hydrogen-bond acceptors (Lipinski definition) is 3. The van der Waals surface area contributed by atoms with Crippen molar-refractivity contribution in [2.45, 2.75) is 17.9 Å². The second kappa shape index (κ2) is 4.93. The fraction of sp³-hybridized carbons (Fsp3) is 0.455. The Kier molecular flexibility index (Phi) is 4.04. The van der Waals surface area contributed by atoms with Crippen molar-refractivity contribution in [3.05, 3.63) is 29.8 Å². The van der Waals surface area contributed by atoms with Crippen LogP contribution >= 0.6 is 0 Å². The third-order valence-corrected chi connectivity index (χ3v) is 3.56. The van der Waals surface area contributed by atoms with Crippen LogP contribution in [-0.4, -0.2) is 26.5 Å². The van der Waals surface area contributed by atoms with Crippen LogP contribution in [0.3, 0.4) is 0 Å². The minimum absolute atomic E-state index is 0.191. The summed E-state index contributed by atoms with van der Waals surface area (Å²) in [6, 6.07) is 5.85. The highest BCUT2D eigenvalue weighted by Gasteiger charge is 2.16. The lowest BCUT2D eigenvalue weighted by Crippen LogP contribution is -2.11. The maximum absolute atomic E-state index is 12.3. The van der Waals surface area contributed by atoms with Gasteiger partial charge in [-0.05, 0) is 17.7 Å². The highest BCUT2D eigenvalue weighted by Crippen LogP contribution is 2.23. The predicted molar refractivity (Wildman–Crippen MR) is 59.7 cm³/mol. The molecule has 0 saturated carbocycles. The molecule has 0 bridgehead atoms. The predicted octanol–water partition coefficient (Wildman–Crippen LogP) is 1.73. The lowest BCUT2D eigenvalue weighted by atomic mass is 9.99. The largest absolute Gasteiger partial charge is 0.388 e. The van der Waals surface area contributed by atoms with E-state index in [0.29, 0.717) is 5.56 Å². The van der Waals surface area contributed by atoms with E-state index in [1.165, 1.54) is 24.3 Å². The maximum atomic E-state index is 12.3. The second-order valence-corrected chi connectivity index (χ2v) is 5.93. The molecular formula is C11H15FO3S. The van der Waals surface area contributed by atoms with Crippen LogP contribution in [0.2, 0.25) is 0 Å². The smallest absolute Gasteiger partial charge is 0.175 e. The minimum Gasteiger partial charge on any atom is -0.388 e. The summed E-state index contributed by atoms with van der Waals surface area (Å²) in [6.07, 6.45) is 0.210. The van der Waals surface area contributed by atoms with Gasteiger partial charge in [-0.1, -0.05) is 19.1 Å². The summed E-state index contributed by atoms with van der Waals surface area (Å²) >= 11 is 0. The quantitative estimate of drug-likeness (QED) is 0.880. The minimum atomic E-state index is -3.23. The first kappa shape index (κ1) is 13.1. The van der Waals surface area contributed by atoms with Gasteiger partial charge in [0.2, 0.25) is 0 Å². The molecule has 0 spiro atoms. The normalized spacial score (nSPS) is 15.8. The lowest BCUT2D eigenvalue weighted by molar-refractivity contribution is 0.101. The summed E-state index contributed by atoms with van der Waals surface area (Å²) in [7, 11) is -3.23. The average Bonchev–Trinajstić information content (AvgIpc) is 2.26. The van der Waals surface area contributed by atoms with E-state index in [9.17, 15) is 17.9 Å². The fourth-order valence-electron chi connectivity index (χ4n) is 1.33.